The SMILES string of the molecule is N#Cc1ccc2c(CC3CCN(CCn4c(=O)[nH]c5ccccc5c4=O)C3)c[nH]c2c1. The molecule has 0 amide bonds. The molecular weight excluding hydrogens is 390 g/mol. The second kappa shape index (κ2) is 7.89. The van der Waals surface area contributed by atoms with Gasteiger partial charge in [0, 0.05) is 36.7 Å². The van der Waals surface area contributed by atoms with Crippen LogP contribution in [0.15, 0.2) is 58.3 Å². The summed E-state index contributed by atoms with van der Waals surface area (Å²) in [6.45, 7) is 2.97. The number of hydrogen-bond donors (Lipinski definition) is 2. The zero-order valence-corrected chi connectivity index (χ0v) is 17.1. The number of nitriles is 1. The largest absolute Gasteiger partial charge is 0.361 e. The summed E-state index contributed by atoms with van der Waals surface area (Å²) in [7, 11) is 0. The van der Waals surface area contributed by atoms with Gasteiger partial charge in [0.1, 0.15) is 0 Å². The van der Waals surface area contributed by atoms with Gasteiger partial charge in [0.15, 0.2) is 0 Å². The van der Waals surface area contributed by atoms with Gasteiger partial charge in [-0.3, -0.25) is 9.36 Å². The van der Waals surface area contributed by atoms with Crippen LogP contribution in [-0.2, 0) is 13.0 Å². The van der Waals surface area contributed by atoms with Crippen LogP contribution in [0.3, 0.4) is 0 Å². The van der Waals surface area contributed by atoms with Crippen molar-refractivity contribution >= 4 is 21.8 Å². The number of benzene rings is 2. The van der Waals surface area contributed by atoms with E-state index in [1.54, 1.807) is 12.1 Å². The van der Waals surface area contributed by atoms with Crippen molar-refractivity contribution < 1.29 is 0 Å². The first-order valence-corrected chi connectivity index (χ1v) is 10.6. The summed E-state index contributed by atoms with van der Waals surface area (Å²) in [5, 5.41) is 10.8. The zero-order chi connectivity index (χ0) is 21.4. The van der Waals surface area contributed by atoms with Crippen LogP contribution in [-0.4, -0.2) is 39.1 Å². The second-order valence-corrected chi connectivity index (χ2v) is 8.28. The Labute approximate surface area is 178 Å². The second-order valence-electron chi connectivity index (χ2n) is 8.28. The lowest BCUT2D eigenvalue weighted by atomic mass is 9.98. The highest BCUT2D eigenvalue weighted by molar-refractivity contribution is 5.84. The number of fused-ring (bicyclic) bond motifs is 2. The van der Waals surface area contributed by atoms with E-state index in [2.05, 4.69) is 20.9 Å². The molecule has 156 valence electrons. The lowest BCUT2D eigenvalue weighted by molar-refractivity contribution is 0.305. The lowest BCUT2D eigenvalue weighted by Crippen LogP contribution is -2.38. The highest BCUT2D eigenvalue weighted by Gasteiger charge is 2.23. The average Bonchev–Trinajstić information content (AvgIpc) is 3.40. The number of H-pyrrole nitrogens is 2. The summed E-state index contributed by atoms with van der Waals surface area (Å²) >= 11 is 0. The van der Waals surface area contributed by atoms with Crippen LogP contribution >= 0.6 is 0 Å². The summed E-state index contributed by atoms with van der Waals surface area (Å²) in [4.78, 5) is 33.5. The molecule has 3 heterocycles. The third-order valence-corrected chi connectivity index (χ3v) is 6.30. The van der Waals surface area contributed by atoms with E-state index in [1.165, 1.54) is 15.5 Å². The molecule has 7 heteroatoms. The fourth-order valence-electron chi connectivity index (χ4n) is 4.66. The van der Waals surface area contributed by atoms with Crippen LogP contribution in [0.25, 0.3) is 21.8 Å². The Morgan fingerprint density at radius 3 is 2.81 bits per heavy atom. The van der Waals surface area contributed by atoms with Crippen molar-refractivity contribution in [1.29, 1.82) is 5.26 Å². The van der Waals surface area contributed by atoms with Crippen molar-refractivity contribution in [2.45, 2.75) is 19.4 Å². The topological polar surface area (TPSA) is 97.7 Å². The Kier molecular flexibility index (Phi) is 4.92. The fourth-order valence-corrected chi connectivity index (χ4v) is 4.66. The van der Waals surface area contributed by atoms with Crippen molar-refractivity contribution in [2.75, 3.05) is 19.6 Å². The van der Waals surface area contributed by atoms with Crippen LogP contribution < -0.4 is 11.2 Å². The Bertz CT molecular complexity index is 1420. The maximum Gasteiger partial charge on any atom is 0.328 e. The predicted molar refractivity (Wildman–Crippen MR) is 120 cm³/mol. The van der Waals surface area contributed by atoms with Gasteiger partial charge in [0.2, 0.25) is 0 Å². The third-order valence-electron chi connectivity index (χ3n) is 6.30. The van der Waals surface area contributed by atoms with E-state index in [9.17, 15) is 9.59 Å². The molecule has 0 saturated carbocycles. The number of aromatic amines is 2. The number of aromatic nitrogens is 3. The molecule has 1 atom stereocenters. The van der Waals surface area contributed by atoms with E-state index in [0.717, 1.165) is 31.4 Å². The first kappa shape index (κ1) is 19.3. The van der Waals surface area contributed by atoms with E-state index in [4.69, 9.17) is 5.26 Å². The number of likely N-dealkylation sites (tertiary alicyclic amines) is 1. The van der Waals surface area contributed by atoms with Gasteiger partial charge in [-0.2, -0.15) is 5.26 Å². The van der Waals surface area contributed by atoms with Crippen molar-refractivity contribution in [3.8, 4) is 6.07 Å². The predicted octanol–water partition coefficient (Wildman–Crippen LogP) is 2.61. The monoisotopic (exact) mass is 413 g/mol. The van der Waals surface area contributed by atoms with Gasteiger partial charge in [-0.25, -0.2) is 4.79 Å². The van der Waals surface area contributed by atoms with Crippen molar-refractivity contribution in [2.24, 2.45) is 5.92 Å². The highest BCUT2D eigenvalue weighted by Crippen LogP contribution is 2.26. The summed E-state index contributed by atoms with van der Waals surface area (Å²) in [5.74, 6) is 0.529. The number of rotatable bonds is 5. The van der Waals surface area contributed by atoms with Gasteiger partial charge in [-0.15, -0.1) is 0 Å². The van der Waals surface area contributed by atoms with Gasteiger partial charge >= 0.3 is 5.69 Å². The zero-order valence-electron chi connectivity index (χ0n) is 17.1. The molecule has 1 aliphatic rings. The van der Waals surface area contributed by atoms with Crippen molar-refractivity contribution in [1.82, 2.24) is 19.4 Å². The van der Waals surface area contributed by atoms with Gasteiger partial charge in [-0.05, 0) is 55.1 Å². The molecule has 2 aromatic carbocycles. The maximum absolute atomic E-state index is 12.7. The minimum absolute atomic E-state index is 0.231. The quantitative estimate of drug-likeness (QED) is 0.525. The molecule has 31 heavy (non-hydrogen) atoms. The molecule has 2 N–H and O–H groups in total. The normalized spacial score (nSPS) is 16.8. The smallest absolute Gasteiger partial charge is 0.328 e. The fraction of sp³-hybridized carbons (Fsp3) is 0.292. The molecule has 2 aromatic heterocycles. The molecule has 4 aromatic rings. The summed E-state index contributed by atoms with van der Waals surface area (Å²) < 4.78 is 1.31. The van der Waals surface area contributed by atoms with Crippen LogP contribution in [0.1, 0.15) is 17.5 Å². The maximum atomic E-state index is 12.7. The van der Waals surface area contributed by atoms with Crippen LogP contribution in [0.2, 0.25) is 0 Å². The average molecular weight is 413 g/mol. The van der Waals surface area contributed by atoms with E-state index in [-0.39, 0.29) is 11.2 Å². The molecule has 7 nitrogen and oxygen atoms in total. The molecule has 1 saturated heterocycles. The van der Waals surface area contributed by atoms with E-state index < -0.39 is 0 Å². The lowest BCUT2D eigenvalue weighted by Gasteiger charge is -2.16. The molecule has 0 bridgehead atoms. The number of para-hydroxylation sites is 1. The van der Waals surface area contributed by atoms with Crippen molar-refractivity contribution in [3.63, 3.8) is 0 Å². The number of nitrogens with zero attached hydrogens (tertiary/aromatic N) is 3. The van der Waals surface area contributed by atoms with Gasteiger partial charge in [0.05, 0.1) is 22.5 Å². The summed E-state index contributed by atoms with van der Waals surface area (Å²) in [6, 6.07) is 15.1. The molecule has 1 fully saturated rings. The third kappa shape index (κ3) is 3.66. The Hall–Kier alpha value is -3.63. The number of hydrogen-bond acceptors (Lipinski definition) is 4. The van der Waals surface area contributed by atoms with Crippen molar-refractivity contribution in [3.05, 3.63) is 80.6 Å². The van der Waals surface area contributed by atoms with E-state index >= 15 is 0 Å². The summed E-state index contributed by atoms with van der Waals surface area (Å²) in [5.41, 5.74) is 2.93. The minimum Gasteiger partial charge on any atom is -0.361 e. The first-order chi connectivity index (χ1) is 15.1. The molecular formula is C24H23N5O2. The van der Waals surface area contributed by atoms with Gasteiger partial charge in [0.25, 0.3) is 5.56 Å². The minimum atomic E-state index is -0.352. The van der Waals surface area contributed by atoms with Gasteiger partial charge < -0.3 is 14.9 Å². The van der Waals surface area contributed by atoms with Crippen LogP contribution in [0, 0.1) is 17.2 Å². The van der Waals surface area contributed by atoms with Gasteiger partial charge in [-0.1, -0.05) is 18.2 Å². The molecule has 0 aliphatic carbocycles. The highest BCUT2D eigenvalue weighted by atomic mass is 16.2. The molecule has 1 aliphatic heterocycles. The first-order valence-electron chi connectivity index (χ1n) is 10.6. The van der Waals surface area contributed by atoms with Crippen LogP contribution in [0.5, 0.6) is 0 Å². The summed E-state index contributed by atoms with van der Waals surface area (Å²) in [6.07, 6.45) is 4.10. The molecule has 5 rings (SSSR count). The Balaban J connectivity index is 1.25. The Morgan fingerprint density at radius 2 is 1.94 bits per heavy atom. The molecule has 1 unspecified atom stereocenters. The van der Waals surface area contributed by atoms with Crippen LogP contribution in [0.4, 0.5) is 0 Å². The molecule has 0 spiro atoms. The van der Waals surface area contributed by atoms with E-state index in [1.807, 2.05) is 36.5 Å². The van der Waals surface area contributed by atoms with E-state index in [0.29, 0.717) is 35.5 Å². The molecule has 0 radical (unpaired) electrons. The number of nitrogens with one attached hydrogen (secondary N) is 2. The standard InChI is InChI=1S/C24H23N5O2/c25-13-16-5-6-19-18(14-26-22(19)12-16)11-17-7-8-28(15-17)9-10-29-23(30)20-3-1-2-4-21(20)27-24(29)31/h1-6,12,14,17,26H,7-11,15H2,(H,27,31). The Morgan fingerprint density at radius 1 is 1.06 bits per heavy atom.